The van der Waals surface area contributed by atoms with Gasteiger partial charge in [0.15, 0.2) is 24.0 Å². The molecular formula is C24H24N2O5. The normalized spacial score (nSPS) is 10.5. The molecule has 1 heterocycles. The Morgan fingerprint density at radius 2 is 1.74 bits per heavy atom. The Morgan fingerprint density at radius 1 is 1.00 bits per heavy atom. The molecule has 3 rings (SSSR count). The molecule has 0 saturated heterocycles. The molecule has 0 bridgehead atoms. The minimum Gasteiger partial charge on any atom is -0.457 e. The first-order valence-electron chi connectivity index (χ1n) is 10.1. The first-order chi connectivity index (χ1) is 15.0. The number of benzene rings is 2. The van der Waals surface area contributed by atoms with Gasteiger partial charge < -0.3 is 14.5 Å². The number of amides is 1. The molecule has 160 valence electrons. The third-order valence-corrected chi connectivity index (χ3v) is 4.49. The van der Waals surface area contributed by atoms with Crippen molar-refractivity contribution in [2.45, 2.75) is 32.6 Å². The number of ether oxygens (including phenoxy) is 1. The number of aryl methyl sites for hydroxylation is 1. The zero-order chi connectivity index (χ0) is 22.1. The molecule has 0 unspecified atom stereocenters. The van der Waals surface area contributed by atoms with Crippen LogP contribution in [0.15, 0.2) is 65.2 Å². The van der Waals surface area contributed by atoms with E-state index in [0.29, 0.717) is 29.3 Å². The van der Waals surface area contributed by atoms with E-state index in [4.69, 9.17) is 9.15 Å². The molecule has 0 aliphatic heterocycles. The van der Waals surface area contributed by atoms with Gasteiger partial charge in [0.2, 0.25) is 5.91 Å². The molecule has 31 heavy (non-hydrogen) atoms. The second kappa shape index (κ2) is 10.9. The Morgan fingerprint density at radius 3 is 2.45 bits per heavy atom. The molecule has 1 amide bonds. The van der Waals surface area contributed by atoms with Gasteiger partial charge in [0, 0.05) is 29.7 Å². The number of hydrogen-bond donors (Lipinski definition) is 1. The fourth-order valence-electron chi connectivity index (χ4n) is 2.86. The fraction of sp³-hybridized carbons (Fsp3) is 0.250. The molecule has 3 aromatic rings. The minimum atomic E-state index is -0.503. The molecule has 1 aromatic heterocycles. The lowest BCUT2D eigenvalue weighted by atomic mass is 10.1. The van der Waals surface area contributed by atoms with Gasteiger partial charge in [-0.1, -0.05) is 37.3 Å². The van der Waals surface area contributed by atoms with Crippen molar-refractivity contribution in [3.8, 4) is 11.3 Å². The van der Waals surface area contributed by atoms with Crippen LogP contribution in [0.2, 0.25) is 0 Å². The Kier molecular flexibility index (Phi) is 7.70. The number of ketones is 1. The molecular weight excluding hydrogens is 396 g/mol. The van der Waals surface area contributed by atoms with Crippen LogP contribution in [0.3, 0.4) is 0 Å². The van der Waals surface area contributed by atoms with Gasteiger partial charge in [-0.05, 0) is 30.7 Å². The van der Waals surface area contributed by atoms with E-state index in [0.717, 1.165) is 12.0 Å². The number of nitrogens with zero attached hydrogens (tertiary/aromatic N) is 1. The molecule has 0 fully saturated rings. The molecule has 1 N–H and O–H groups in total. The van der Waals surface area contributed by atoms with Gasteiger partial charge in [0.1, 0.15) is 0 Å². The summed E-state index contributed by atoms with van der Waals surface area (Å²) < 4.78 is 10.7. The van der Waals surface area contributed by atoms with Crippen molar-refractivity contribution in [2.75, 3.05) is 11.9 Å². The second-order valence-corrected chi connectivity index (χ2v) is 6.94. The molecule has 7 nitrogen and oxygen atoms in total. The maximum atomic E-state index is 12.2. The smallest absolute Gasteiger partial charge is 0.306 e. The highest BCUT2D eigenvalue weighted by Gasteiger charge is 2.13. The SMILES string of the molecule is CCCC(=O)Nc1ccc(C(=O)COC(=O)CCc2ncc(-c3ccccc3)o2)cc1. The summed E-state index contributed by atoms with van der Waals surface area (Å²) in [4.78, 5) is 40.0. The monoisotopic (exact) mass is 420 g/mol. The lowest BCUT2D eigenvalue weighted by Gasteiger charge is -2.06. The van der Waals surface area contributed by atoms with E-state index in [-0.39, 0.29) is 31.1 Å². The number of rotatable bonds is 10. The maximum absolute atomic E-state index is 12.2. The summed E-state index contributed by atoms with van der Waals surface area (Å²) in [5, 5.41) is 2.75. The zero-order valence-corrected chi connectivity index (χ0v) is 17.3. The highest BCUT2D eigenvalue weighted by atomic mass is 16.5. The Hall–Kier alpha value is -3.74. The lowest BCUT2D eigenvalue weighted by Crippen LogP contribution is -2.15. The first-order valence-corrected chi connectivity index (χ1v) is 10.1. The third kappa shape index (κ3) is 6.64. The third-order valence-electron chi connectivity index (χ3n) is 4.49. The van der Waals surface area contributed by atoms with Crippen LogP contribution in [0.4, 0.5) is 5.69 Å². The molecule has 0 spiro atoms. The van der Waals surface area contributed by atoms with Crippen molar-refractivity contribution in [1.82, 2.24) is 4.98 Å². The van der Waals surface area contributed by atoms with Crippen molar-refractivity contribution in [2.24, 2.45) is 0 Å². The van der Waals surface area contributed by atoms with E-state index in [9.17, 15) is 14.4 Å². The van der Waals surface area contributed by atoms with Crippen molar-refractivity contribution in [3.63, 3.8) is 0 Å². The number of hydrogen-bond acceptors (Lipinski definition) is 6. The summed E-state index contributed by atoms with van der Waals surface area (Å²) in [7, 11) is 0. The average molecular weight is 420 g/mol. The van der Waals surface area contributed by atoms with Crippen LogP contribution >= 0.6 is 0 Å². The zero-order valence-electron chi connectivity index (χ0n) is 17.3. The van der Waals surface area contributed by atoms with Crippen molar-refractivity contribution >= 4 is 23.3 Å². The molecule has 2 aromatic carbocycles. The lowest BCUT2D eigenvalue weighted by molar-refractivity contribution is -0.142. The largest absolute Gasteiger partial charge is 0.457 e. The summed E-state index contributed by atoms with van der Waals surface area (Å²) in [6, 6.07) is 16.0. The molecule has 7 heteroatoms. The van der Waals surface area contributed by atoms with E-state index in [1.54, 1.807) is 30.5 Å². The molecule has 0 saturated carbocycles. The van der Waals surface area contributed by atoms with Crippen LogP contribution in [0.25, 0.3) is 11.3 Å². The number of carbonyl (C=O) groups excluding carboxylic acids is 3. The van der Waals surface area contributed by atoms with E-state index in [1.807, 2.05) is 37.3 Å². The standard InChI is InChI=1S/C24H24N2O5/c1-2-6-22(28)26-19-11-9-17(10-12-19)20(27)16-30-24(29)14-13-23-25-15-21(31-23)18-7-4-3-5-8-18/h3-5,7-12,15H,2,6,13-14,16H2,1H3,(H,26,28). The van der Waals surface area contributed by atoms with E-state index in [1.165, 1.54) is 0 Å². The van der Waals surface area contributed by atoms with Gasteiger partial charge in [-0.3, -0.25) is 14.4 Å². The number of nitrogens with one attached hydrogen (secondary N) is 1. The predicted octanol–water partition coefficient (Wildman–Crippen LogP) is 4.44. The number of carbonyl (C=O) groups is 3. The number of esters is 1. The van der Waals surface area contributed by atoms with Gasteiger partial charge in [-0.15, -0.1) is 0 Å². The summed E-state index contributed by atoms with van der Waals surface area (Å²) in [5.74, 6) is 0.173. The van der Waals surface area contributed by atoms with E-state index in [2.05, 4.69) is 10.3 Å². The van der Waals surface area contributed by atoms with Crippen molar-refractivity contribution < 1.29 is 23.5 Å². The van der Waals surface area contributed by atoms with Crippen LogP contribution in [-0.4, -0.2) is 29.3 Å². The van der Waals surface area contributed by atoms with Crippen molar-refractivity contribution in [3.05, 3.63) is 72.2 Å². The maximum Gasteiger partial charge on any atom is 0.306 e. The van der Waals surface area contributed by atoms with E-state index < -0.39 is 5.97 Å². The van der Waals surface area contributed by atoms with Crippen LogP contribution in [0.5, 0.6) is 0 Å². The van der Waals surface area contributed by atoms with Gasteiger partial charge in [-0.2, -0.15) is 0 Å². The van der Waals surface area contributed by atoms with Crippen LogP contribution < -0.4 is 5.32 Å². The topological polar surface area (TPSA) is 98.5 Å². The summed E-state index contributed by atoms with van der Waals surface area (Å²) in [6.45, 7) is 1.58. The van der Waals surface area contributed by atoms with Gasteiger partial charge in [0.25, 0.3) is 0 Å². The minimum absolute atomic E-state index is 0.0599. The van der Waals surface area contributed by atoms with Crippen LogP contribution in [0, 0.1) is 0 Å². The van der Waals surface area contributed by atoms with Crippen LogP contribution in [-0.2, 0) is 20.7 Å². The Labute approximate surface area is 180 Å². The molecule has 0 radical (unpaired) electrons. The predicted molar refractivity (Wildman–Crippen MR) is 116 cm³/mol. The Bertz CT molecular complexity index is 1030. The average Bonchev–Trinajstić information content (AvgIpc) is 3.26. The number of oxazole rings is 1. The number of aromatic nitrogens is 1. The Balaban J connectivity index is 1.43. The quantitative estimate of drug-likeness (QED) is 0.385. The van der Waals surface area contributed by atoms with Gasteiger partial charge >= 0.3 is 5.97 Å². The molecule has 0 aliphatic carbocycles. The summed E-state index contributed by atoms with van der Waals surface area (Å²) in [6.07, 6.45) is 3.17. The highest BCUT2D eigenvalue weighted by molar-refractivity contribution is 5.98. The summed E-state index contributed by atoms with van der Waals surface area (Å²) >= 11 is 0. The summed E-state index contributed by atoms with van der Waals surface area (Å²) in [5.41, 5.74) is 1.93. The number of Topliss-reactive ketones (excluding diaryl/α,β-unsaturated/α-hetero) is 1. The van der Waals surface area contributed by atoms with Gasteiger partial charge in [0.05, 0.1) is 12.6 Å². The molecule has 0 aliphatic rings. The number of anilines is 1. The van der Waals surface area contributed by atoms with Gasteiger partial charge in [-0.25, -0.2) is 4.98 Å². The van der Waals surface area contributed by atoms with Crippen LogP contribution in [0.1, 0.15) is 42.4 Å². The fourth-order valence-corrected chi connectivity index (χ4v) is 2.86. The second-order valence-electron chi connectivity index (χ2n) is 6.94. The first kappa shape index (κ1) is 22.0. The molecule has 0 atom stereocenters. The van der Waals surface area contributed by atoms with Crippen molar-refractivity contribution in [1.29, 1.82) is 0 Å². The van der Waals surface area contributed by atoms with E-state index >= 15 is 0 Å². The highest BCUT2D eigenvalue weighted by Crippen LogP contribution is 2.20.